The molecule has 0 amide bonds. The second-order valence-corrected chi connectivity index (χ2v) is 3.10. The molecule has 0 fully saturated rings. The van der Waals surface area contributed by atoms with E-state index < -0.39 is 5.82 Å². The number of pyridine rings is 1. The minimum atomic E-state index is -0.455. The number of fused-ring (bicyclic) bond motifs is 1. The average molecular weight is 207 g/mol. The van der Waals surface area contributed by atoms with Crippen molar-refractivity contribution in [2.75, 3.05) is 0 Å². The standard InChI is InChI=1S/C10H4ClFN2/c11-10-7(4-13)9-6(5-14-10)2-1-3-8(9)12/h1-3,5H. The maximum absolute atomic E-state index is 13.4. The Hall–Kier alpha value is -1.66. The summed E-state index contributed by atoms with van der Waals surface area (Å²) in [5, 5.41) is 9.64. The van der Waals surface area contributed by atoms with Crippen molar-refractivity contribution in [2.45, 2.75) is 0 Å². The van der Waals surface area contributed by atoms with Crippen LogP contribution in [0.2, 0.25) is 5.15 Å². The van der Waals surface area contributed by atoms with Crippen LogP contribution in [-0.2, 0) is 0 Å². The highest BCUT2D eigenvalue weighted by Gasteiger charge is 2.10. The van der Waals surface area contributed by atoms with Crippen molar-refractivity contribution in [1.82, 2.24) is 4.98 Å². The fourth-order valence-electron chi connectivity index (χ4n) is 1.31. The molecule has 0 aliphatic rings. The van der Waals surface area contributed by atoms with Crippen LogP contribution in [0.25, 0.3) is 10.8 Å². The maximum atomic E-state index is 13.4. The summed E-state index contributed by atoms with van der Waals surface area (Å²) in [5.74, 6) is -0.455. The van der Waals surface area contributed by atoms with E-state index in [4.69, 9.17) is 16.9 Å². The zero-order valence-corrected chi connectivity index (χ0v) is 7.72. The monoisotopic (exact) mass is 206 g/mol. The number of aromatic nitrogens is 1. The molecule has 1 aromatic heterocycles. The SMILES string of the molecule is N#Cc1c(Cl)ncc2cccc(F)c12. The topological polar surface area (TPSA) is 36.7 Å². The predicted octanol–water partition coefficient (Wildman–Crippen LogP) is 2.90. The van der Waals surface area contributed by atoms with Crippen molar-refractivity contribution in [1.29, 1.82) is 5.26 Å². The molecule has 1 heterocycles. The van der Waals surface area contributed by atoms with Crippen molar-refractivity contribution in [3.8, 4) is 6.07 Å². The highest BCUT2D eigenvalue weighted by atomic mass is 35.5. The second-order valence-electron chi connectivity index (χ2n) is 2.74. The Kier molecular flexibility index (Phi) is 2.06. The second kappa shape index (κ2) is 3.24. The first kappa shape index (κ1) is 8.92. The zero-order valence-electron chi connectivity index (χ0n) is 6.96. The van der Waals surface area contributed by atoms with E-state index in [1.54, 1.807) is 12.1 Å². The average Bonchev–Trinajstić information content (AvgIpc) is 2.19. The van der Waals surface area contributed by atoms with Gasteiger partial charge in [0.05, 0.1) is 0 Å². The third-order valence-electron chi connectivity index (χ3n) is 1.93. The molecule has 2 aromatic rings. The minimum Gasteiger partial charge on any atom is -0.242 e. The number of rotatable bonds is 0. The van der Waals surface area contributed by atoms with Crippen LogP contribution >= 0.6 is 11.6 Å². The number of nitrogens with zero attached hydrogens (tertiary/aromatic N) is 2. The Balaban J connectivity index is 3.01. The van der Waals surface area contributed by atoms with E-state index in [1.807, 2.05) is 6.07 Å². The van der Waals surface area contributed by atoms with Crippen molar-refractivity contribution in [2.24, 2.45) is 0 Å². The van der Waals surface area contributed by atoms with Crippen molar-refractivity contribution in [3.05, 3.63) is 40.9 Å². The molecule has 0 saturated heterocycles. The van der Waals surface area contributed by atoms with Gasteiger partial charge in [0.15, 0.2) is 0 Å². The van der Waals surface area contributed by atoms with Crippen molar-refractivity contribution < 1.29 is 4.39 Å². The Bertz CT molecular complexity index is 546. The summed E-state index contributed by atoms with van der Waals surface area (Å²) in [7, 11) is 0. The predicted molar refractivity (Wildman–Crippen MR) is 51.4 cm³/mol. The molecule has 0 atom stereocenters. The van der Waals surface area contributed by atoms with Gasteiger partial charge in [-0.25, -0.2) is 9.37 Å². The summed E-state index contributed by atoms with van der Waals surface area (Å²) in [6.07, 6.45) is 1.45. The molecule has 0 saturated carbocycles. The Morgan fingerprint density at radius 3 is 2.93 bits per heavy atom. The summed E-state index contributed by atoms with van der Waals surface area (Å²) >= 11 is 5.68. The van der Waals surface area contributed by atoms with Crippen LogP contribution in [0.4, 0.5) is 4.39 Å². The summed E-state index contributed by atoms with van der Waals surface area (Å²) in [5.41, 5.74) is 0.0854. The van der Waals surface area contributed by atoms with Crippen LogP contribution in [0, 0.1) is 17.1 Å². The van der Waals surface area contributed by atoms with E-state index in [-0.39, 0.29) is 16.1 Å². The highest BCUT2D eigenvalue weighted by Crippen LogP contribution is 2.25. The van der Waals surface area contributed by atoms with E-state index in [0.717, 1.165) is 0 Å². The fourth-order valence-corrected chi connectivity index (χ4v) is 1.49. The Morgan fingerprint density at radius 1 is 1.43 bits per heavy atom. The van der Waals surface area contributed by atoms with Crippen LogP contribution in [0.15, 0.2) is 24.4 Å². The maximum Gasteiger partial charge on any atom is 0.147 e. The molecule has 0 aliphatic heterocycles. The lowest BCUT2D eigenvalue weighted by atomic mass is 10.1. The molecule has 0 aliphatic carbocycles. The highest BCUT2D eigenvalue weighted by molar-refractivity contribution is 6.31. The van der Waals surface area contributed by atoms with Gasteiger partial charge in [0.25, 0.3) is 0 Å². The van der Waals surface area contributed by atoms with Crippen molar-refractivity contribution in [3.63, 3.8) is 0 Å². The zero-order chi connectivity index (χ0) is 10.1. The lowest BCUT2D eigenvalue weighted by molar-refractivity contribution is 0.639. The summed E-state index contributed by atoms with van der Waals surface area (Å²) in [4.78, 5) is 3.80. The van der Waals surface area contributed by atoms with Crippen LogP contribution in [0.3, 0.4) is 0 Å². The molecule has 0 bridgehead atoms. The first-order valence-corrected chi connectivity index (χ1v) is 4.24. The summed E-state index contributed by atoms with van der Waals surface area (Å²) < 4.78 is 13.4. The van der Waals surface area contributed by atoms with Crippen LogP contribution < -0.4 is 0 Å². The Morgan fingerprint density at radius 2 is 2.21 bits per heavy atom. The lowest BCUT2D eigenvalue weighted by Gasteiger charge is -2.01. The fraction of sp³-hybridized carbons (Fsp3) is 0. The van der Waals surface area contributed by atoms with E-state index in [2.05, 4.69) is 4.98 Å². The summed E-state index contributed by atoms with van der Waals surface area (Å²) in [6, 6.07) is 6.38. The number of hydrogen-bond donors (Lipinski definition) is 0. The molecular formula is C10H4ClFN2. The number of benzene rings is 1. The molecule has 68 valence electrons. The minimum absolute atomic E-state index is 0.0325. The first-order valence-electron chi connectivity index (χ1n) is 3.87. The molecule has 0 spiro atoms. The van der Waals surface area contributed by atoms with E-state index in [9.17, 15) is 4.39 Å². The van der Waals surface area contributed by atoms with Gasteiger partial charge in [0.1, 0.15) is 22.6 Å². The van der Waals surface area contributed by atoms with E-state index in [1.165, 1.54) is 12.3 Å². The van der Waals surface area contributed by atoms with Gasteiger partial charge in [-0.1, -0.05) is 23.7 Å². The van der Waals surface area contributed by atoms with Crippen molar-refractivity contribution >= 4 is 22.4 Å². The number of halogens is 2. The van der Waals surface area contributed by atoms with Gasteiger partial charge in [-0.05, 0) is 6.07 Å². The van der Waals surface area contributed by atoms with Gasteiger partial charge >= 0.3 is 0 Å². The van der Waals surface area contributed by atoms with E-state index in [0.29, 0.717) is 5.39 Å². The lowest BCUT2D eigenvalue weighted by Crippen LogP contribution is -1.88. The molecule has 2 nitrogen and oxygen atoms in total. The van der Waals surface area contributed by atoms with Crippen LogP contribution in [0.5, 0.6) is 0 Å². The molecule has 14 heavy (non-hydrogen) atoms. The smallest absolute Gasteiger partial charge is 0.147 e. The van der Waals surface area contributed by atoms with Gasteiger partial charge in [-0.15, -0.1) is 0 Å². The molecule has 4 heteroatoms. The van der Waals surface area contributed by atoms with Gasteiger partial charge in [0, 0.05) is 17.0 Å². The van der Waals surface area contributed by atoms with Gasteiger partial charge in [-0.3, -0.25) is 0 Å². The number of hydrogen-bond acceptors (Lipinski definition) is 2. The number of nitriles is 1. The largest absolute Gasteiger partial charge is 0.242 e. The molecule has 0 radical (unpaired) electrons. The van der Waals surface area contributed by atoms with Crippen LogP contribution in [0.1, 0.15) is 5.56 Å². The molecular weight excluding hydrogens is 203 g/mol. The molecule has 0 unspecified atom stereocenters. The molecule has 2 rings (SSSR count). The normalized spacial score (nSPS) is 10.1. The molecule has 0 N–H and O–H groups in total. The van der Waals surface area contributed by atoms with Gasteiger partial charge < -0.3 is 0 Å². The quantitative estimate of drug-likeness (QED) is 0.622. The van der Waals surface area contributed by atoms with Gasteiger partial charge in [0.2, 0.25) is 0 Å². The first-order chi connectivity index (χ1) is 6.74. The van der Waals surface area contributed by atoms with Gasteiger partial charge in [-0.2, -0.15) is 5.26 Å². The molecule has 1 aromatic carbocycles. The van der Waals surface area contributed by atoms with E-state index >= 15 is 0 Å². The third-order valence-corrected chi connectivity index (χ3v) is 2.22. The Labute approximate surface area is 84.6 Å². The van der Waals surface area contributed by atoms with Crippen LogP contribution in [-0.4, -0.2) is 4.98 Å². The summed E-state index contributed by atoms with van der Waals surface area (Å²) in [6.45, 7) is 0. The third kappa shape index (κ3) is 1.21.